The van der Waals surface area contributed by atoms with Crippen LogP contribution in [-0.4, -0.2) is 42.2 Å². The molecule has 1 amide bonds. The number of amides is 1. The second-order valence-electron chi connectivity index (χ2n) is 4.02. The molecule has 86 valence electrons. The van der Waals surface area contributed by atoms with Crippen molar-refractivity contribution >= 4 is 5.91 Å². The highest BCUT2D eigenvalue weighted by Gasteiger charge is 2.31. The van der Waals surface area contributed by atoms with Crippen LogP contribution in [0.25, 0.3) is 0 Å². The third-order valence-electron chi connectivity index (χ3n) is 2.82. The average molecular weight is 221 g/mol. The number of nitrogens with zero attached hydrogens (tertiary/aromatic N) is 1. The number of β-amino-alcohol motifs (C(OH)–C–C–N with tert-alkyl or cyclic N) is 1. The van der Waals surface area contributed by atoms with E-state index in [2.05, 4.69) is 0 Å². The van der Waals surface area contributed by atoms with Crippen LogP contribution in [0.5, 0.6) is 5.75 Å². The maximum atomic E-state index is 12.1. The van der Waals surface area contributed by atoms with Crippen LogP contribution in [-0.2, 0) is 0 Å². The van der Waals surface area contributed by atoms with Crippen molar-refractivity contribution in [1.82, 2.24) is 4.90 Å². The number of carbonyl (C=O) groups excluding carboxylic acids is 1. The van der Waals surface area contributed by atoms with Crippen LogP contribution in [0.3, 0.4) is 0 Å². The van der Waals surface area contributed by atoms with E-state index in [-0.39, 0.29) is 12.0 Å². The van der Waals surface area contributed by atoms with E-state index in [1.54, 1.807) is 18.1 Å². The normalized spacial score (nSPS) is 15.8. The van der Waals surface area contributed by atoms with Crippen molar-refractivity contribution in [2.24, 2.45) is 0 Å². The number of methoxy groups -OCH3 is 1. The van der Waals surface area contributed by atoms with Gasteiger partial charge in [0, 0.05) is 13.1 Å². The van der Waals surface area contributed by atoms with Gasteiger partial charge in [-0.15, -0.1) is 0 Å². The first kappa shape index (κ1) is 11.0. The Bertz CT molecular complexity index is 411. The highest BCUT2D eigenvalue weighted by atomic mass is 16.5. The lowest BCUT2D eigenvalue weighted by molar-refractivity contribution is 0.00564. The Labute approximate surface area is 94.4 Å². The Balaban J connectivity index is 2.28. The summed E-state index contributed by atoms with van der Waals surface area (Å²) >= 11 is 0. The maximum Gasteiger partial charge on any atom is 0.258 e. The van der Waals surface area contributed by atoms with E-state index < -0.39 is 0 Å². The number of rotatable bonds is 2. The topological polar surface area (TPSA) is 49.8 Å². The SMILES string of the molecule is COc1cccc(C)c1C(=O)N1CC(O)C1. The fraction of sp³-hybridized carbons (Fsp3) is 0.417. The molecule has 2 rings (SSSR count). The molecule has 16 heavy (non-hydrogen) atoms. The van der Waals surface area contributed by atoms with Gasteiger partial charge in [-0.05, 0) is 18.6 Å². The van der Waals surface area contributed by atoms with Gasteiger partial charge in [0.2, 0.25) is 0 Å². The smallest absolute Gasteiger partial charge is 0.258 e. The summed E-state index contributed by atoms with van der Waals surface area (Å²) in [5, 5.41) is 9.18. The van der Waals surface area contributed by atoms with Gasteiger partial charge < -0.3 is 14.7 Å². The fourth-order valence-corrected chi connectivity index (χ4v) is 1.86. The highest BCUT2D eigenvalue weighted by Crippen LogP contribution is 2.25. The summed E-state index contributed by atoms with van der Waals surface area (Å²) in [4.78, 5) is 13.7. The van der Waals surface area contributed by atoms with Crippen molar-refractivity contribution in [1.29, 1.82) is 0 Å². The number of benzene rings is 1. The predicted molar refractivity (Wildman–Crippen MR) is 59.6 cm³/mol. The Morgan fingerprint density at radius 2 is 2.19 bits per heavy atom. The second kappa shape index (κ2) is 4.14. The van der Waals surface area contributed by atoms with Gasteiger partial charge in [-0.2, -0.15) is 0 Å². The zero-order valence-corrected chi connectivity index (χ0v) is 9.43. The van der Waals surface area contributed by atoms with Crippen molar-refractivity contribution in [3.8, 4) is 5.75 Å². The molecule has 1 aliphatic heterocycles. The molecule has 4 heteroatoms. The van der Waals surface area contributed by atoms with E-state index >= 15 is 0 Å². The number of aliphatic hydroxyl groups excluding tert-OH is 1. The number of likely N-dealkylation sites (tertiary alicyclic amines) is 1. The first-order valence-corrected chi connectivity index (χ1v) is 5.24. The molecule has 1 aromatic carbocycles. The van der Waals surface area contributed by atoms with Crippen molar-refractivity contribution in [3.05, 3.63) is 29.3 Å². The summed E-state index contributed by atoms with van der Waals surface area (Å²) in [5.74, 6) is 0.520. The first-order chi connectivity index (χ1) is 7.63. The van der Waals surface area contributed by atoms with Gasteiger partial charge in [0.1, 0.15) is 5.75 Å². The van der Waals surface area contributed by atoms with Gasteiger partial charge in [-0.25, -0.2) is 0 Å². The molecule has 1 aliphatic rings. The van der Waals surface area contributed by atoms with Crippen LogP contribution in [0.15, 0.2) is 18.2 Å². The Morgan fingerprint density at radius 1 is 1.50 bits per heavy atom. The third kappa shape index (κ3) is 1.76. The van der Waals surface area contributed by atoms with E-state index in [1.807, 2.05) is 19.1 Å². The lowest BCUT2D eigenvalue weighted by atomic mass is 10.0. The lowest BCUT2D eigenvalue weighted by Gasteiger charge is -2.36. The van der Waals surface area contributed by atoms with Crippen LogP contribution in [0.2, 0.25) is 0 Å². The third-order valence-corrected chi connectivity index (χ3v) is 2.82. The molecule has 1 aromatic rings. The molecule has 0 aliphatic carbocycles. The quantitative estimate of drug-likeness (QED) is 0.804. The standard InChI is InChI=1S/C12H15NO3/c1-8-4-3-5-10(16-2)11(8)12(15)13-6-9(14)7-13/h3-5,9,14H,6-7H2,1-2H3. The molecular weight excluding hydrogens is 206 g/mol. The molecule has 0 aromatic heterocycles. The molecule has 0 atom stereocenters. The van der Waals surface area contributed by atoms with Gasteiger partial charge in [0.05, 0.1) is 18.8 Å². The zero-order valence-electron chi connectivity index (χ0n) is 9.43. The van der Waals surface area contributed by atoms with Gasteiger partial charge in [-0.3, -0.25) is 4.79 Å². The van der Waals surface area contributed by atoms with E-state index in [4.69, 9.17) is 4.74 Å². The van der Waals surface area contributed by atoms with E-state index in [0.717, 1.165) is 5.56 Å². The largest absolute Gasteiger partial charge is 0.496 e. The average Bonchev–Trinajstić information content (AvgIpc) is 2.23. The van der Waals surface area contributed by atoms with E-state index in [1.165, 1.54) is 0 Å². The van der Waals surface area contributed by atoms with Crippen LogP contribution in [0.1, 0.15) is 15.9 Å². The molecule has 0 unspecified atom stereocenters. The molecule has 0 saturated carbocycles. The van der Waals surface area contributed by atoms with E-state index in [9.17, 15) is 9.90 Å². The lowest BCUT2D eigenvalue weighted by Crippen LogP contribution is -2.53. The molecule has 1 saturated heterocycles. The summed E-state index contributed by atoms with van der Waals surface area (Å²) in [7, 11) is 1.55. The zero-order chi connectivity index (χ0) is 11.7. The summed E-state index contributed by atoms with van der Waals surface area (Å²) in [5.41, 5.74) is 1.49. The summed E-state index contributed by atoms with van der Waals surface area (Å²) in [6, 6.07) is 5.51. The number of aliphatic hydroxyl groups is 1. The van der Waals surface area contributed by atoms with Crippen LogP contribution in [0.4, 0.5) is 0 Å². The van der Waals surface area contributed by atoms with Crippen LogP contribution in [0, 0.1) is 6.92 Å². The van der Waals surface area contributed by atoms with Gasteiger partial charge >= 0.3 is 0 Å². The molecule has 1 fully saturated rings. The van der Waals surface area contributed by atoms with Crippen LogP contribution >= 0.6 is 0 Å². The Kier molecular flexibility index (Phi) is 2.83. The number of ether oxygens (including phenoxy) is 1. The minimum atomic E-state index is -0.376. The minimum absolute atomic E-state index is 0.0692. The number of hydrogen-bond acceptors (Lipinski definition) is 3. The molecule has 0 bridgehead atoms. The van der Waals surface area contributed by atoms with Gasteiger partial charge in [-0.1, -0.05) is 12.1 Å². The highest BCUT2D eigenvalue weighted by molar-refractivity contribution is 5.98. The van der Waals surface area contributed by atoms with Gasteiger partial charge in [0.15, 0.2) is 0 Å². The molecule has 4 nitrogen and oxygen atoms in total. The van der Waals surface area contributed by atoms with Crippen molar-refractivity contribution in [3.63, 3.8) is 0 Å². The Morgan fingerprint density at radius 3 is 2.75 bits per heavy atom. The molecule has 1 N–H and O–H groups in total. The maximum absolute atomic E-state index is 12.1. The summed E-state index contributed by atoms with van der Waals surface area (Å²) in [6.07, 6.45) is -0.376. The van der Waals surface area contributed by atoms with Crippen LogP contribution < -0.4 is 4.74 Å². The van der Waals surface area contributed by atoms with Crippen molar-refractivity contribution in [2.45, 2.75) is 13.0 Å². The second-order valence-corrected chi connectivity index (χ2v) is 4.02. The number of aryl methyl sites for hydroxylation is 1. The predicted octanol–water partition coefficient (Wildman–Crippen LogP) is 0.820. The molecule has 0 spiro atoms. The molecule has 0 radical (unpaired) electrons. The Hall–Kier alpha value is -1.55. The first-order valence-electron chi connectivity index (χ1n) is 5.24. The monoisotopic (exact) mass is 221 g/mol. The number of carbonyl (C=O) groups is 1. The molecular formula is C12H15NO3. The summed E-state index contributed by atoms with van der Waals surface area (Å²) < 4.78 is 5.18. The number of hydrogen-bond donors (Lipinski definition) is 1. The van der Waals surface area contributed by atoms with Crippen molar-refractivity contribution in [2.75, 3.05) is 20.2 Å². The fourth-order valence-electron chi connectivity index (χ4n) is 1.86. The summed E-state index contributed by atoms with van der Waals surface area (Å²) in [6.45, 7) is 2.71. The van der Waals surface area contributed by atoms with Crippen molar-refractivity contribution < 1.29 is 14.6 Å². The van der Waals surface area contributed by atoms with E-state index in [0.29, 0.717) is 24.4 Å². The minimum Gasteiger partial charge on any atom is -0.496 e. The van der Waals surface area contributed by atoms with Gasteiger partial charge in [0.25, 0.3) is 5.91 Å². The molecule has 1 heterocycles.